The van der Waals surface area contributed by atoms with Gasteiger partial charge in [0.2, 0.25) is 6.10 Å². The van der Waals surface area contributed by atoms with E-state index in [9.17, 15) is 9.59 Å². The van der Waals surface area contributed by atoms with Crippen LogP contribution >= 0.6 is 0 Å². The summed E-state index contributed by atoms with van der Waals surface area (Å²) in [5.74, 6) is 0.00300. The molecule has 6 heteroatoms. The van der Waals surface area contributed by atoms with Gasteiger partial charge in [0.25, 0.3) is 5.91 Å². The van der Waals surface area contributed by atoms with Gasteiger partial charge in [-0.25, -0.2) is 4.79 Å². The van der Waals surface area contributed by atoms with Crippen molar-refractivity contribution < 1.29 is 23.8 Å². The van der Waals surface area contributed by atoms with Crippen molar-refractivity contribution in [2.75, 3.05) is 6.61 Å². The number of hydrogen-bond donors (Lipinski definition) is 1. The summed E-state index contributed by atoms with van der Waals surface area (Å²) in [4.78, 5) is 25.4. The van der Waals surface area contributed by atoms with Crippen LogP contribution in [0.5, 0.6) is 11.5 Å². The van der Waals surface area contributed by atoms with Gasteiger partial charge in [-0.2, -0.15) is 0 Å². The Balaban J connectivity index is 1.42. The molecule has 0 unspecified atom stereocenters. The molecule has 158 valence electrons. The number of rotatable bonds is 6. The van der Waals surface area contributed by atoms with Gasteiger partial charge in [-0.3, -0.25) is 4.79 Å². The smallest absolute Gasteiger partial charge is 0.351 e. The molecule has 0 aromatic heterocycles. The summed E-state index contributed by atoms with van der Waals surface area (Å²) in [6.07, 6.45) is -1.92. The molecule has 0 aliphatic carbocycles. The Morgan fingerprint density at radius 1 is 0.871 bits per heavy atom. The van der Waals surface area contributed by atoms with Crippen LogP contribution in [0, 0.1) is 0 Å². The number of nitrogens with one attached hydrogen (secondary N) is 1. The zero-order valence-electron chi connectivity index (χ0n) is 17.1. The minimum absolute atomic E-state index is 0.0286. The molecule has 0 saturated carbocycles. The van der Waals surface area contributed by atoms with Gasteiger partial charge >= 0.3 is 5.97 Å². The van der Waals surface area contributed by atoms with Crippen LogP contribution in [-0.2, 0) is 14.3 Å². The molecule has 6 nitrogen and oxygen atoms in total. The summed E-state index contributed by atoms with van der Waals surface area (Å²) in [7, 11) is 0. The van der Waals surface area contributed by atoms with Crippen molar-refractivity contribution >= 4 is 11.9 Å². The molecule has 3 aromatic rings. The van der Waals surface area contributed by atoms with Crippen molar-refractivity contribution in [2.24, 2.45) is 0 Å². The maximum absolute atomic E-state index is 12.9. The Labute approximate surface area is 180 Å². The Kier molecular flexibility index (Phi) is 6.17. The second-order valence-corrected chi connectivity index (χ2v) is 7.21. The van der Waals surface area contributed by atoms with Crippen LogP contribution in [-0.4, -0.2) is 30.7 Å². The predicted octanol–water partition coefficient (Wildman–Crippen LogP) is 3.66. The summed E-state index contributed by atoms with van der Waals surface area (Å²) in [6, 6.07) is 26.0. The highest BCUT2D eigenvalue weighted by Gasteiger charge is 2.31. The molecule has 4 rings (SSSR count). The molecular weight excluding hydrogens is 394 g/mol. The first-order valence-electron chi connectivity index (χ1n) is 10.1. The number of carbonyl (C=O) groups is 2. The molecule has 0 fully saturated rings. The second kappa shape index (κ2) is 9.34. The molecule has 2 atom stereocenters. The first-order chi connectivity index (χ1) is 15.1. The zero-order chi connectivity index (χ0) is 21.6. The molecule has 0 radical (unpaired) electrons. The van der Waals surface area contributed by atoms with Gasteiger partial charge in [0.15, 0.2) is 17.6 Å². The van der Waals surface area contributed by atoms with Gasteiger partial charge in [0.05, 0.1) is 6.04 Å². The van der Waals surface area contributed by atoms with Crippen LogP contribution < -0.4 is 14.8 Å². The van der Waals surface area contributed by atoms with E-state index in [4.69, 9.17) is 14.2 Å². The highest BCUT2D eigenvalue weighted by molar-refractivity contribution is 5.85. The van der Waals surface area contributed by atoms with E-state index in [2.05, 4.69) is 5.32 Å². The predicted molar refractivity (Wildman–Crippen MR) is 115 cm³/mol. The maximum Gasteiger partial charge on any atom is 0.351 e. The van der Waals surface area contributed by atoms with E-state index in [0.29, 0.717) is 11.5 Å². The fourth-order valence-electron chi connectivity index (χ4n) is 3.35. The average Bonchev–Trinajstić information content (AvgIpc) is 2.83. The van der Waals surface area contributed by atoms with E-state index in [1.165, 1.54) is 6.92 Å². The number of benzene rings is 3. The van der Waals surface area contributed by atoms with Gasteiger partial charge in [-0.05, 0) is 30.2 Å². The molecule has 0 spiro atoms. The minimum atomic E-state index is -0.997. The molecule has 0 saturated heterocycles. The Morgan fingerprint density at radius 3 is 2.03 bits per heavy atom. The Hall–Kier alpha value is -3.80. The topological polar surface area (TPSA) is 73.9 Å². The highest BCUT2D eigenvalue weighted by Crippen LogP contribution is 2.31. The monoisotopic (exact) mass is 417 g/mol. The Bertz CT molecular complexity index is 999. The summed E-state index contributed by atoms with van der Waals surface area (Å²) in [5.41, 5.74) is 1.86. The van der Waals surface area contributed by atoms with Crippen LogP contribution in [0.3, 0.4) is 0 Å². The van der Waals surface area contributed by atoms with Crippen molar-refractivity contribution in [1.29, 1.82) is 0 Å². The lowest BCUT2D eigenvalue weighted by molar-refractivity contribution is -0.163. The fourth-order valence-corrected chi connectivity index (χ4v) is 3.35. The van der Waals surface area contributed by atoms with Gasteiger partial charge in [0, 0.05) is 0 Å². The molecular formula is C25H23NO5. The minimum Gasteiger partial charge on any atom is -0.485 e. The molecule has 1 aliphatic rings. The standard InChI is InChI=1S/C25H23NO5/c1-17(30-25(28)22-16-29-20-14-8-9-15-21(20)31-22)24(27)26-23(18-10-4-2-5-11-18)19-12-6-3-7-13-19/h2-15,17,22-23H,16H2,1H3,(H,26,27)/t17-,22+/m1/s1. The fraction of sp³-hybridized carbons (Fsp3) is 0.200. The number of fused-ring (bicyclic) bond motifs is 1. The van der Waals surface area contributed by atoms with E-state index >= 15 is 0 Å². The zero-order valence-corrected chi connectivity index (χ0v) is 17.1. The number of carbonyl (C=O) groups excluding carboxylic acids is 2. The van der Waals surface area contributed by atoms with Crippen molar-refractivity contribution in [1.82, 2.24) is 5.32 Å². The van der Waals surface area contributed by atoms with E-state index < -0.39 is 24.1 Å². The molecule has 0 bridgehead atoms. The molecule has 1 N–H and O–H groups in total. The van der Waals surface area contributed by atoms with E-state index in [1.807, 2.05) is 66.7 Å². The first kappa shape index (κ1) is 20.5. The summed E-state index contributed by atoms with van der Waals surface area (Å²) >= 11 is 0. The summed E-state index contributed by atoms with van der Waals surface area (Å²) < 4.78 is 16.6. The van der Waals surface area contributed by atoms with Gasteiger partial charge in [-0.1, -0.05) is 72.8 Å². The van der Waals surface area contributed by atoms with Crippen molar-refractivity contribution in [3.05, 3.63) is 96.1 Å². The van der Waals surface area contributed by atoms with E-state index in [-0.39, 0.29) is 12.6 Å². The number of hydrogen-bond acceptors (Lipinski definition) is 5. The number of para-hydroxylation sites is 2. The van der Waals surface area contributed by atoms with E-state index in [0.717, 1.165) is 11.1 Å². The van der Waals surface area contributed by atoms with Gasteiger partial charge in [0.1, 0.15) is 6.61 Å². The number of amides is 1. The SMILES string of the molecule is C[C@@H](OC(=O)[C@@H]1COc2ccccc2O1)C(=O)NC(c1ccccc1)c1ccccc1. The molecule has 3 aromatic carbocycles. The molecule has 1 aliphatic heterocycles. The lowest BCUT2D eigenvalue weighted by Crippen LogP contribution is -2.43. The Morgan fingerprint density at radius 2 is 1.42 bits per heavy atom. The first-order valence-corrected chi connectivity index (χ1v) is 10.1. The quantitative estimate of drug-likeness (QED) is 0.620. The lowest BCUT2D eigenvalue weighted by atomic mass is 9.98. The summed E-state index contributed by atoms with van der Waals surface area (Å²) in [6.45, 7) is 1.57. The highest BCUT2D eigenvalue weighted by atomic mass is 16.6. The molecule has 1 heterocycles. The largest absolute Gasteiger partial charge is 0.485 e. The maximum atomic E-state index is 12.9. The summed E-state index contributed by atoms with van der Waals surface area (Å²) in [5, 5.41) is 2.99. The lowest BCUT2D eigenvalue weighted by Gasteiger charge is -2.26. The molecule has 1 amide bonds. The third kappa shape index (κ3) is 4.86. The van der Waals surface area contributed by atoms with Crippen molar-refractivity contribution in [3.8, 4) is 11.5 Å². The normalized spacial score (nSPS) is 15.7. The van der Waals surface area contributed by atoms with Crippen molar-refractivity contribution in [2.45, 2.75) is 25.2 Å². The van der Waals surface area contributed by atoms with Gasteiger partial charge in [-0.15, -0.1) is 0 Å². The van der Waals surface area contributed by atoms with Crippen LogP contribution in [0.1, 0.15) is 24.1 Å². The van der Waals surface area contributed by atoms with Crippen LogP contribution in [0.4, 0.5) is 0 Å². The number of esters is 1. The third-order valence-corrected chi connectivity index (χ3v) is 4.99. The average molecular weight is 417 g/mol. The van der Waals surface area contributed by atoms with Crippen molar-refractivity contribution in [3.63, 3.8) is 0 Å². The second-order valence-electron chi connectivity index (χ2n) is 7.21. The van der Waals surface area contributed by atoms with Crippen LogP contribution in [0.2, 0.25) is 0 Å². The molecule has 31 heavy (non-hydrogen) atoms. The van der Waals surface area contributed by atoms with E-state index in [1.54, 1.807) is 18.2 Å². The van der Waals surface area contributed by atoms with Crippen LogP contribution in [0.15, 0.2) is 84.9 Å². The van der Waals surface area contributed by atoms with Gasteiger partial charge < -0.3 is 19.5 Å². The van der Waals surface area contributed by atoms with Crippen LogP contribution in [0.25, 0.3) is 0 Å². The third-order valence-electron chi connectivity index (χ3n) is 4.99. The number of ether oxygens (including phenoxy) is 3.